The first-order valence-corrected chi connectivity index (χ1v) is 7.94. The number of aryl methyl sites for hydroxylation is 1. The van der Waals surface area contributed by atoms with Crippen molar-refractivity contribution in [2.75, 3.05) is 0 Å². The average Bonchev–Trinajstić information content (AvgIpc) is 2.53. The van der Waals surface area contributed by atoms with E-state index in [1.54, 1.807) is 0 Å². The van der Waals surface area contributed by atoms with Gasteiger partial charge in [0.05, 0.1) is 5.92 Å². The summed E-state index contributed by atoms with van der Waals surface area (Å²) in [7, 11) is 0. The molecular formula is C17H24N2O3. The maximum Gasteiger partial charge on any atom is 0.315 e. The summed E-state index contributed by atoms with van der Waals surface area (Å²) >= 11 is 0. The van der Waals surface area contributed by atoms with E-state index in [0.29, 0.717) is 19.4 Å². The quantitative estimate of drug-likeness (QED) is 0.782. The first kappa shape index (κ1) is 16.3. The van der Waals surface area contributed by atoms with Gasteiger partial charge in [-0.2, -0.15) is 0 Å². The van der Waals surface area contributed by atoms with Gasteiger partial charge in [-0.25, -0.2) is 4.79 Å². The van der Waals surface area contributed by atoms with Crippen molar-refractivity contribution in [1.29, 1.82) is 0 Å². The summed E-state index contributed by atoms with van der Waals surface area (Å²) in [5, 5.41) is 14.8. The number of carboxylic acids is 1. The molecular weight excluding hydrogens is 280 g/mol. The molecule has 2 rings (SSSR count). The van der Waals surface area contributed by atoms with Crippen molar-refractivity contribution in [3.8, 4) is 0 Å². The van der Waals surface area contributed by atoms with Crippen LogP contribution in [-0.4, -0.2) is 23.1 Å². The maximum atomic E-state index is 12.0. The van der Waals surface area contributed by atoms with E-state index in [4.69, 9.17) is 5.11 Å². The summed E-state index contributed by atoms with van der Waals surface area (Å²) in [6.07, 6.45) is 3.68. The van der Waals surface area contributed by atoms with Gasteiger partial charge in [-0.3, -0.25) is 4.79 Å². The smallest absolute Gasteiger partial charge is 0.315 e. The van der Waals surface area contributed by atoms with E-state index >= 15 is 0 Å². The molecule has 120 valence electrons. The van der Waals surface area contributed by atoms with Crippen LogP contribution in [0.1, 0.15) is 43.7 Å². The van der Waals surface area contributed by atoms with E-state index in [2.05, 4.69) is 23.6 Å². The summed E-state index contributed by atoms with van der Waals surface area (Å²) in [6.45, 7) is 2.61. The SMILES string of the molecule is CCc1ccccc1CNC(=O)NC1CCC(C(=O)O)CC1. The maximum absolute atomic E-state index is 12.0. The van der Waals surface area contributed by atoms with Crippen LogP contribution in [-0.2, 0) is 17.8 Å². The van der Waals surface area contributed by atoms with Crippen molar-refractivity contribution in [3.63, 3.8) is 0 Å². The molecule has 0 aliphatic heterocycles. The lowest BCUT2D eigenvalue weighted by Crippen LogP contribution is -2.44. The lowest BCUT2D eigenvalue weighted by atomic mass is 9.86. The summed E-state index contributed by atoms with van der Waals surface area (Å²) < 4.78 is 0. The van der Waals surface area contributed by atoms with Crippen LogP contribution in [0.5, 0.6) is 0 Å². The van der Waals surface area contributed by atoms with Crippen molar-refractivity contribution in [1.82, 2.24) is 10.6 Å². The van der Waals surface area contributed by atoms with Crippen LogP contribution in [0.3, 0.4) is 0 Å². The van der Waals surface area contributed by atoms with Gasteiger partial charge >= 0.3 is 12.0 Å². The van der Waals surface area contributed by atoms with Gasteiger partial charge in [0.1, 0.15) is 0 Å². The predicted octanol–water partition coefficient (Wildman–Crippen LogP) is 2.69. The molecule has 3 N–H and O–H groups in total. The summed E-state index contributed by atoms with van der Waals surface area (Å²) in [6, 6.07) is 7.98. The molecule has 0 aromatic heterocycles. The molecule has 1 aliphatic carbocycles. The van der Waals surface area contributed by atoms with Crippen LogP contribution >= 0.6 is 0 Å². The number of carbonyl (C=O) groups excluding carboxylic acids is 1. The van der Waals surface area contributed by atoms with Crippen LogP contribution in [0.15, 0.2) is 24.3 Å². The second-order valence-electron chi connectivity index (χ2n) is 5.84. The summed E-state index contributed by atoms with van der Waals surface area (Å²) in [5.74, 6) is -0.975. The zero-order valence-electron chi connectivity index (χ0n) is 13.0. The molecule has 1 fully saturated rings. The molecule has 0 atom stereocenters. The Balaban J connectivity index is 1.76. The number of nitrogens with one attached hydrogen (secondary N) is 2. The molecule has 0 radical (unpaired) electrons. The minimum atomic E-state index is -0.723. The zero-order chi connectivity index (χ0) is 15.9. The van der Waals surface area contributed by atoms with Gasteiger partial charge in [0.25, 0.3) is 0 Å². The van der Waals surface area contributed by atoms with Crippen LogP contribution in [0.2, 0.25) is 0 Å². The van der Waals surface area contributed by atoms with Crippen LogP contribution in [0.25, 0.3) is 0 Å². The number of hydrogen-bond acceptors (Lipinski definition) is 2. The van der Waals surface area contributed by atoms with E-state index in [-0.39, 0.29) is 18.0 Å². The Labute approximate surface area is 131 Å². The third kappa shape index (κ3) is 4.48. The van der Waals surface area contributed by atoms with E-state index in [1.165, 1.54) is 5.56 Å². The Morgan fingerprint density at radius 3 is 2.36 bits per heavy atom. The molecule has 0 spiro atoms. The van der Waals surface area contributed by atoms with Crippen LogP contribution in [0, 0.1) is 5.92 Å². The number of amides is 2. The fourth-order valence-electron chi connectivity index (χ4n) is 2.97. The van der Waals surface area contributed by atoms with Gasteiger partial charge in [-0.1, -0.05) is 31.2 Å². The largest absolute Gasteiger partial charge is 0.481 e. The lowest BCUT2D eigenvalue weighted by molar-refractivity contribution is -0.142. The highest BCUT2D eigenvalue weighted by molar-refractivity contribution is 5.74. The van der Waals surface area contributed by atoms with Gasteiger partial charge < -0.3 is 15.7 Å². The van der Waals surface area contributed by atoms with Crippen molar-refractivity contribution >= 4 is 12.0 Å². The molecule has 1 aromatic carbocycles. The Morgan fingerprint density at radius 2 is 1.77 bits per heavy atom. The number of hydrogen-bond donors (Lipinski definition) is 3. The van der Waals surface area contributed by atoms with Gasteiger partial charge in [-0.05, 0) is 43.2 Å². The second kappa shape index (κ2) is 7.82. The van der Waals surface area contributed by atoms with Gasteiger partial charge in [0.2, 0.25) is 0 Å². The molecule has 22 heavy (non-hydrogen) atoms. The molecule has 0 saturated heterocycles. The normalized spacial score (nSPS) is 21.1. The molecule has 0 unspecified atom stereocenters. The number of urea groups is 1. The Bertz CT molecular complexity index is 522. The minimum Gasteiger partial charge on any atom is -0.481 e. The molecule has 2 amide bonds. The second-order valence-corrected chi connectivity index (χ2v) is 5.84. The lowest BCUT2D eigenvalue weighted by Gasteiger charge is -2.26. The Morgan fingerprint density at radius 1 is 1.14 bits per heavy atom. The molecule has 1 aromatic rings. The first-order valence-electron chi connectivity index (χ1n) is 7.94. The van der Waals surface area contributed by atoms with Crippen molar-refractivity contribution in [2.24, 2.45) is 5.92 Å². The highest BCUT2D eigenvalue weighted by Crippen LogP contribution is 2.24. The van der Waals surface area contributed by atoms with Gasteiger partial charge in [-0.15, -0.1) is 0 Å². The van der Waals surface area contributed by atoms with Crippen molar-refractivity contribution in [2.45, 2.75) is 51.6 Å². The predicted molar refractivity (Wildman–Crippen MR) is 84.6 cm³/mol. The van der Waals surface area contributed by atoms with Crippen molar-refractivity contribution in [3.05, 3.63) is 35.4 Å². The average molecular weight is 304 g/mol. The van der Waals surface area contributed by atoms with Crippen LogP contribution < -0.4 is 10.6 Å². The van der Waals surface area contributed by atoms with E-state index < -0.39 is 5.97 Å². The number of benzene rings is 1. The third-order valence-electron chi connectivity index (χ3n) is 4.35. The Kier molecular flexibility index (Phi) is 5.81. The molecule has 0 bridgehead atoms. The first-order chi connectivity index (χ1) is 10.6. The third-order valence-corrected chi connectivity index (χ3v) is 4.35. The van der Waals surface area contributed by atoms with Gasteiger partial charge in [0, 0.05) is 12.6 Å². The monoisotopic (exact) mass is 304 g/mol. The fourth-order valence-corrected chi connectivity index (χ4v) is 2.97. The zero-order valence-corrected chi connectivity index (χ0v) is 13.0. The molecule has 5 nitrogen and oxygen atoms in total. The van der Waals surface area contributed by atoms with E-state index in [1.807, 2.05) is 18.2 Å². The number of rotatable bonds is 5. The highest BCUT2D eigenvalue weighted by Gasteiger charge is 2.26. The van der Waals surface area contributed by atoms with E-state index in [0.717, 1.165) is 24.8 Å². The van der Waals surface area contributed by atoms with Crippen LogP contribution in [0.4, 0.5) is 4.79 Å². The molecule has 0 heterocycles. The summed E-state index contributed by atoms with van der Waals surface area (Å²) in [4.78, 5) is 22.9. The molecule has 5 heteroatoms. The highest BCUT2D eigenvalue weighted by atomic mass is 16.4. The standard InChI is InChI=1S/C17H24N2O3/c1-2-12-5-3-4-6-14(12)11-18-17(22)19-15-9-7-13(8-10-15)16(20)21/h3-6,13,15H,2,7-11H2,1H3,(H,20,21)(H2,18,19,22). The fraction of sp³-hybridized carbons (Fsp3) is 0.529. The van der Waals surface area contributed by atoms with Gasteiger partial charge in [0.15, 0.2) is 0 Å². The number of carboxylic acid groups (broad SMARTS) is 1. The number of carbonyl (C=O) groups is 2. The van der Waals surface area contributed by atoms with E-state index in [9.17, 15) is 9.59 Å². The minimum absolute atomic E-state index is 0.0806. The topological polar surface area (TPSA) is 78.4 Å². The molecule has 1 aliphatic rings. The summed E-state index contributed by atoms with van der Waals surface area (Å²) in [5.41, 5.74) is 2.37. The number of aliphatic carboxylic acids is 1. The Hall–Kier alpha value is -2.04. The van der Waals surface area contributed by atoms with Crippen molar-refractivity contribution < 1.29 is 14.7 Å². The molecule has 1 saturated carbocycles.